The van der Waals surface area contributed by atoms with Gasteiger partial charge in [-0.2, -0.15) is 0 Å². The highest BCUT2D eigenvalue weighted by molar-refractivity contribution is 8.13. The van der Waals surface area contributed by atoms with Crippen LogP contribution in [-0.4, -0.2) is 20.6 Å². The first-order chi connectivity index (χ1) is 6.42. The van der Waals surface area contributed by atoms with Crippen molar-refractivity contribution in [2.45, 2.75) is 5.75 Å². The normalized spacial score (nSPS) is 11.3. The molecule has 0 aliphatic rings. The number of phenols is 1. The number of phenolic OH excluding ortho intramolecular Hbond substituents is 1. The molecule has 78 valence electrons. The molecular formula is C8H9ClO4S. The summed E-state index contributed by atoms with van der Waals surface area (Å²) in [5.74, 6) is -0.0142. The second-order valence-corrected chi connectivity index (χ2v) is 5.46. The zero-order valence-electron chi connectivity index (χ0n) is 7.40. The maximum atomic E-state index is 10.8. The maximum Gasteiger partial charge on any atom is 0.236 e. The van der Waals surface area contributed by atoms with Gasteiger partial charge in [-0.25, -0.2) is 8.42 Å². The Bertz CT molecular complexity index is 427. The molecule has 0 saturated heterocycles. The third kappa shape index (κ3) is 3.08. The van der Waals surface area contributed by atoms with Crippen molar-refractivity contribution in [2.24, 2.45) is 0 Å². The number of hydrogen-bond donors (Lipinski definition) is 1. The molecule has 14 heavy (non-hydrogen) atoms. The van der Waals surface area contributed by atoms with Crippen molar-refractivity contribution in [3.8, 4) is 11.5 Å². The lowest BCUT2D eigenvalue weighted by atomic mass is 10.2. The molecule has 6 heteroatoms. The van der Waals surface area contributed by atoms with E-state index in [1.54, 1.807) is 0 Å². The molecule has 0 aromatic heterocycles. The maximum absolute atomic E-state index is 10.8. The van der Waals surface area contributed by atoms with Crippen LogP contribution in [0.5, 0.6) is 11.5 Å². The second kappa shape index (κ2) is 4.06. The number of aromatic hydroxyl groups is 1. The van der Waals surface area contributed by atoms with Crippen LogP contribution in [0.2, 0.25) is 0 Å². The second-order valence-electron chi connectivity index (χ2n) is 2.68. The van der Waals surface area contributed by atoms with Crippen molar-refractivity contribution in [3.63, 3.8) is 0 Å². The zero-order chi connectivity index (χ0) is 10.8. The molecule has 0 atom stereocenters. The quantitative estimate of drug-likeness (QED) is 0.808. The molecule has 4 nitrogen and oxygen atoms in total. The SMILES string of the molecule is COc1ccc(O)cc1CS(=O)(=O)Cl. The van der Waals surface area contributed by atoms with Crippen LogP contribution in [-0.2, 0) is 14.8 Å². The average Bonchev–Trinajstić information content (AvgIpc) is 2.01. The largest absolute Gasteiger partial charge is 0.508 e. The highest BCUT2D eigenvalue weighted by atomic mass is 35.7. The monoisotopic (exact) mass is 236 g/mol. The molecule has 1 aromatic carbocycles. The predicted octanol–water partition coefficient (Wildman–Crippen LogP) is 1.47. The fraction of sp³-hybridized carbons (Fsp3) is 0.250. The predicted molar refractivity (Wildman–Crippen MR) is 53.1 cm³/mol. The topological polar surface area (TPSA) is 63.6 Å². The highest BCUT2D eigenvalue weighted by Crippen LogP contribution is 2.25. The smallest absolute Gasteiger partial charge is 0.236 e. The zero-order valence-corrected chi connectivity index (χ0v) is 8.97. The van der Waals surface area contributed by atoms with Gasteiger partial charge in [-0.05, 0) is 18.2 Å². The van der Waals surface area contributed by atoms with Crippen molar-refractivity contribution in [2.75, 3.05) is 7.11 Å². The van der Waals surface area contributed by atoms with E-state index >= 15 is 0 Å². The van der Waals surface area contributed by atoms with Crippen molar-refractivity contribution < 1.29 is 18.3 Å². The average molecular weight is 237 g/mol. The number of methoxy groups -OCH3 is 1. The van der Waals surface area contributed by atoms with E-state index < -0.39 is 9.05 Å². The summed E-state index contributed by atoms with van der Waals surface area (Å²) in [4.78, 5) is 0. The van der Waals surface area contributed by atoms with E-state index in [2.05, 4.69) is 0 Å². The van der Waals surface area contributed by atoms with Gasteiger partial charge < -0.3 is 9.84 Å². The van der Waals surface area contributed by atoms with Crippen LogP contribution in [0.1, 0.15) is 5.56 Å². The summed E-state index contributed by atoms with van der Waals surface area (Å²) in [6.07, 6.45) is 0. The molecule has 0 saturated carbocycles. The van der Waals surface area contributed by atoms with E-state index in [0.717, 1.165) is 0 Å². The Kier molecular flexibility index (Phi) is 3.23. The van der Waals surface area contributed by atoms with Gasteiger partial charge in [0, 0.05) is 16.2 Å². The van der Waals surface area contributed by atoms with Crippen molar-refractivity contribution >= 4 is 19.7 Å². The minimum Gasteiger partial charge on any atom is -0.508 e. The molecule has 0 unspecified atom stereocenters. The fourth-order valence-corrected chi connectivity index (χ4v) is 2.01. The molecule has 0 aliphatic heterocycles. The molecule has 1 aromatic rings. The van der Waals surface area contributed by atoms with Gasteiger partial charge in [-0.15, -0.1) is 0 Å². The lowest BCUT2D eigenvalue weighted by Gasteiger charge is -2.06. The Balaban J connectivity index is 3.11. The molecule has 0 heterocycles. The van der Waals surface area contributed by atoms with Gasteiger partial charge in [-0.3, -0.25) is 0 Å². The van der Waals surface area contributed by atoms with E-state index in [-0.39, 0.29) is 11.5 Å². The number of hydrogen-bond acceptors (Lipinski definition) is 4. The summed E-state index contributed by atoms with van der Waals surface area (Å²) in [5.41, 5.74) is 0.336. The Morgan fingerprint density at radius 3 is 2.64 bits per heavy atom. The summed E-state index contributed by atoms with van der Waals surface area (Å²) >= 11 is 0. The van der Waals surface area contributed by atoms with Gasteiger partial charge in [0.15, 0.2) is 0 Å². The van der Waals surface area contributed by atoms with Crippen LogP contribution in [0.4, 0.5) is 0 Å². The van der Waals surface area contributed by atoms with Gasteiger partial charge in [0.05, 0.1) is 12.9 Å². The minimum absolute atomic E-state index is 0.0267. The van der Waals surface area contributed by atoms with Crippen LogP contribution in [0.15, 0.2) is 18.2 Å². The number of rotatable bonds is 3. The van der Waals surface area contributed by atoms with E-state index in [1.165, 1.54) is 25.3 Å². The summed E-state index contributed by atoms with van der Waals surface area (Å²) in [6, 6.07) is 4.19. The molecule has 0 amide bonds. The van der Waals surface area contributed by atoms with E-state index in [9.17, 15) is 8.42 Å². The van der Waals surface area contributed by atoms with Crippen LogP contribution < -0.4 is 4.74 Å². The molecule has 0 fully saturated rings. The number of halogens is 1. The molecule has 0 radical (unpaired) electrons. The van der Waals surface area contributed by atoms with Crippen molar-refractivity contribution in [1.29, 1.82) is 0 Å². The third-order valence-electron chi connectivity index (χ3n) is 1.59. The fourth-order valence-electron chi connectivity index (χ4n) is 1.06. The first kappa shape index (κ1) is 11.1. The molecule has 1 N–H and O–H groups in total. The molecular weight excluding hydrogens is 228 g/mol. The summed E-state index contributed by atoms with van der Waals surface area (Å²) in [5, 5.41) is 9.14. The Labute approximate surface area is 86.5 Å². The van der Waals surface area contributed by atoms with Gasteiger partial charge in [0.1, 0.15) is 11.5 Å². The number of benzene rings is 1. The Morgan fingerprint density at radius 1 is 1.50 bits per heavy atom. The van der Waals surface area contributed by atoms with Gasteiger partial charge >= 0.3 is 0 Å². The molecule has 1 rings (SSSR count). The lowest BCUT2D eigenvalue weighted by Crippen LogP contribution is -1.98. The molecule has 0 bridgehead atoms. The van der Waals surface area contributed by atoms with Crippen LogP contribution in [0, 0.1) is 0 Å². The molecule has 0 aliphatic carbocycles. The van der Waals surface area contributed by atoms with Crippen LogP contribution >= 0.6 is 10.7 Å². The van der Waals surface area contributed by atoms with Gasteiger partial charge in [0.2, 0.25) is 9.05 Å². The summed E-state index contributed by atoms with van der Waals surface area (Å²) in [7, 11) is 2.85. The Hall–Kier alpha value is -0.940. The van der Waals surface area contributed by atoms with Crippen molar-refractivity contribution in [3.05, 3.63) is 23.8 Å². The third-order valence-corrected chi connectivity index (χ3v) is 2.58. The Morgan fingerprint density at radius 2 is 2.14 bits per heavy atom. The van der Waals surface area contributed by atoms with E-state index in [0.29, 0.717) is 11.3 Å². The standard InChI is InChI=1S/C8H9ClO4S/c1-13-8-3-2-7(10)4-6(8)5-14(9,11)12/h2-4,10H,5H2,1H3. The van der Waals surface area contributed by atoms with Gasteiger partial charge in [0.25, 0.3) is 0 Å². The van der Waals surface area contributed by atoms with Crippen LogP contribution in [0.25, 0.3) is 0 Å². The van der Waals surface area contributed by atoms with Gasteiger partial charge in [-0.1, -0.05) is 0 Å². The summed E-state index contributed by atoms with van der Waals surface area (Å²) in [6.45, 7) is 0. The van der Waals surface area contributed by atoms with E-state index in [1.807, 2.05) is 0 Å². The van der Waals surface area contributed by atoms with Crippen LogP contribution in [0.3, 0.4) is 0 Å². The highest BCUT2D eigenvalue weighted by Gasteiger charge is 2.12. The van der Waals surface area contributed by atoms with E-state index in [4.69, 9.17) is 20.5 Å². The first-order valence-electron chi connectivity index (χ1n) is 3.70. The lowest BCUT2D eigenvalue weighted by molar-refractivity contribution is 0.408. The molecule has 0 spiro atoms. The summed E-state index contributed by atoms with van der Waals surface area (Å²) < 4.78 is 26.5. The minimum atomic E-state index is -3.65. The van der Waals surface area contributed by atoms with Crippen molar-refractivity contribution in [1.82, 2.24) is 0 Å². The number of ether oxygens (including phenoxy) is 1. The first-order valence-corrected chi connectivity index (χ1v) is 6.18.